The molecule has 114 valence electrons. The Morgan fingerprint density at radius 3 is 2.30 bits per heavy atom. The largest absolute Gasteiger partial charge is 0.294 e. The maximum Gasteiger partial charge on any atom is 0.116 e. The van der Waals surface area contributed by atoms with Crippen LogP contribution >= 0.6 is 0 Å². The topological polar surface area (TPSA) is 16.1 Å². The molecule has 2 heterocycles. The van der Waals surface area contributed by atoms with Gasteiger partial charge in [-0.2, -0.15) is 0 Å². The zero-order chi connectivity index (χ0) is 15.3. The van der Waals surface area contributed by atoms with Gasteiger partial charge in [0.25, 0.3) is 0 Å². The molecular weight excluding hydrogens is 251 g/mol. The maximum absolute atomic E-state index is 13.4. The van der Waals surface area contributed by atoms with Gasteiger partial charge in [0.05, 0.1) is 5.69 Å². The molecule has 0 aliphatic carbocycles. The average Bonchev–Trinajstić information content (AvgIpc) is 2.70. The Hall–Kier alpha value is -0.960. The first-order valence-electron chi connectivity index (χ1n) is 7.68. The van der Waals surface area contributed by atoms with Gasteiger partial charge >= 0.3 is 0 Å². The van der Waals surface area contributed by atoms with Crippen LogP contribution in [-0.2, 0) is 12.0 Å². The monoisotopic (exact) mass is 280 g/mol. The molecule has 1 aliphatic rings. The Labute approximate surface area is 123 Å². The van der Waals surface area contributed by atoms with Gasteiger partial charge in [0.15, 0.2) is 0 Å². The SMILES string of the molecule is CC.CC1CN(Cc2ccc(C(C)(C)C)cn2)CC1F. The predicted molar refractivity (Wildman–Crippen MR) is 83.6 cm³/mol. The highest BCUT2D eigenvalue weighted by molar-refractivity contribution is 5.21. The van der Waals surface area contributed by atoms with Crippen molar-refractivity contribution in [2.24, 2.45) is 5.92 Å². The molecule has 0 saturated carbocycles. The minimum Gasteiger partial charge on any atom is -0.294 e. The van der Waals surface area contributed by atoms with Crippen molar-refractivity contribution in [3.8, 4) is 0 Å². The van der Waals surface area contributed by atoms with Crippen molar-refractivity contribution < 1.29 is 4.39 Å². The van der Waals surface area contributed by atoms with Gasteiger partial charge in [0.2, 0.25) is 0 Å². The van der Waals surface area contributed by atoms with Crippen molar-refractivity contribution >= 4 is 0 Å². The molecule has 0 spiro atoms. The Morgan fingerprint density at radius 2 is 1.90 bits per heavy atom. The second-order valence-electron chi connectivity index (χ2n) is 6.48. The molecule has 2 unspecified atom stereocenters. The average molecular weight is 280 g/mol. The molecule has 1 fully saturated rings. The number of pyridine rings is 1. The summed E-state index contributed by atoms with van der Waals surface area (Å²) in [4.78, 5) is 6.64. The summed E-state index contributed by atoms with van der Waals surface area (Å²) >= 11 is 0. The number of likely N-dealkylation sites (tertiary alicyclic amines) is 1. The first-order valence-corrected chi connectivity index (χ1v) is 7.68. The zero-order valence-corrected chi connectivity index (χ0v) is 13.8. The summed E-state index contributed by atoms with van der Waals surface area (Å²) in [6, 6.07) is 4.20. The Kier molecular flexibility index (Phi) is 6.12. The minimum atomic E-state index is -0.682. The van der Waals surface area contributed by atoms with Gasteiger partial charge < -0.3 is 0 Å². The molecule has 3 heteroatoms. The summed E-state index contributed by atoms with van der Waals surface area (Å²) in [6.45, 7) is 14.7. The van der Waals surface area contributed by atoms with E-state index in [1.54, 1.807) is 0 Å². The van der Waals surface area contributed by atoms with E-state index < -0.39 is 6.17 Å². The van der Waals surface area contributed by atoms with E-state index in [4.69, 9.17) is 0 Å². The van der Waals surface area contributed by atoms with Crippen LogP contribution in [0.3, 0.4) is 0 Å². The van der Waals surface area contributed by atoms with Crippen LogP contribution in [0.15, 0.2) is 18.3 Å². The normalized spacial score (nSPS) is 23.4. The number of hydrogen-bond donors (Lipinski definition) is 0. The Morgan fingerprint density at radius 1 is 1.25 bits per heavy atom. The van der Waals surface area contributed by atoms with E-state index in [1.807, 2.05) is 27.0 Å². The molecule has 20 heavy (non-hydrogen) atoms. The van der Waals surface area contributed by atoms with Gasteiger partial charge in [-0.3, -0.25) is 9.88 Å². The summed E-state index contributed by atoms with van der Waals surface area (Å²) in [5.74, 6) is 0.152. The van der Waals surface area contributed by atoms with Gasteiger partial charge in [-0.15, -0.1) is 0 Å². The second-order valence-corrected chi connectivity index (χ2v) is 6.48. The van der Waals surface area contributed by atoms with E-state index in [9.17, 15) is 4.39 Å². The molecule has 2 rings (SSSR count). The van der Waals surface area contributed by atoms with E-state index in [-0.39, 0.29) is 11.3 Å². The van der Waals surface area contributed by atoms with E-state index in [2.05, 4.69) is 42.8 Å². The lowest BCUT2D eigenvalue weighted by Crippen LogP contribution is -2.21. The standard InChI is InChI=1S/C15H23FN2.C2H6/c1-11-8-18(10-14(11)16)9-13-6-5-12(7-17-13)15(2,3)4;1-2/h5-7,11,14H,8-10H2,1-4H3;1-2H3. The molecule has 0 N–H and O–H groups in total. The number of alkyl halides is 1. The summed E-state index contributed by atoms with van der Waals surface area (Å²) in [6.07, 6.45) is 1.26. The molecular formula is C17H29FN2. The molecule has 0 aromatic carbocycles. The predicted octanol–water partition coefficient (Wildman–Crippen LogP) is 4.20. The van der Waals surface area contributed by atoms with Crippen molar-refractivity contribution in [1.82, 2.24) is 9.88 Å². The second kappa shape index (κ2) is 7.16. The van der Waals surface area contributed by atoms with Crippen LogP contribution < -0.4 is 0 Å². The van der Waals surface area contributed by atoms with Crippen molar-refractivity contribution in [3.05, 3.63) is 29.6 Å². The molecule has 0 amide bonds. The van der Waals surface area contributed by atoms with E-state index in [1.165, 1.54) is 5.56 Å². The molecule has 1 aromatic heterocycles. The number of aromatic nitrogens is 1. The maximum atomic E-state index is 13.4. The lowest BCUT2D eigenvalue weighted by molar-refractivity contribution is 0.272. The van der Waals surface area contributed by atoms with Gasteiger partial charge in [-0.25, -0.2) is 4.39 Å². The Balaban J connectivity index is 0.000000956. The van der Waals surface area contributed by atoms with Crippen LogP contribution in [0.4, 0.5) is 4.39 Å². The van der Waals surface area contributed by atoms with Gasteiger partial charge in [-0.1, -0.05) is 47.6 Å². The van der Waals surface area contributed by atoms with Crippen LogP contribution in [0.25, 0.3) is 0 Å². The quantitative estimate of drug-likeness (QED) is 0.807. The van der Waals surface area contributed by atoms with Crippen LogP contribution in [0.5, 0.6) is 0 Å². The number of hydrogen-bond acceptors (Lipinski definition) is 2. The number of rotatable bonds is 2. The van der Waals surface area contributed by atoms with Crippen molar-refractivity contribution in [2.75, 3.05) is 13.1 Å². The Bertz CT molecular complexity index is 384. The van der Waals surface area contributed by atoms with Crippen LogP contribution in [0, 0.1) is 5.92 Å². The fraction of sp³-hybridized carbons (Fsp3) is 0.706. The smallest absolute Gasteiger partial charge is 0.116 e. The fourth-order valence-corrected chi connectivity index (χ4v) is 2.34. The third kappa shape index (κ3) is 4.55. The van der Waals surface area contributed by atoms with Crippen LogP contribution in [0.2, 0.25) is 0 Å². The summed E-state index contributed by atoms with van der Waals surface area (Å²) in [5, 5.41) is 0. The highest BCUT2D eigenvalue weighted by Crippen LogP contribution is 2.23. The first-order chi connectivity index (χ1) is 9.36. The molecule has 2 atom stereocenters. The zero-order valence-electron chi connectivity index (χ0n) is 13.8. The summed E-state index contributed by atoms with van der Waals surface area (Å²) < 4.78 is 13.4. The molecule has 0 radical (unpaired) electrons. The molecule has 2 nitrogen and oxygen atoms in total. The van der Waals surface area contributed by atoms with Gasteiger partial charge in [0.1, 0.15) is 6.17 Å². The lowest BCUT2D eigenvalue weighted by atomic mass is 9.88. The number of halogens is 1. The van der Waals surface area contributed by atoms with Gasteiger partial charge in [0, 0.05) is 31.7 Å². The van der Waals surface area contributed by atoms with Crippen molar-refractivity contribution in [1.29, 1.82) is 0 Å². The summed E-state index contributed by atoms with van der Waals surface area (Å²) in [7, 11) is 0. The highest BCUT2D eigenvalue weighted by Gasteiger charge is 2.29. The van der Waals surface area contributed by atoms with Crippen LogP contribution in [0.1, 0.15) is 52.8 Å². The summed E-state index contributed by atoms with van der Waals surface area (Å²) in [5.41, 5.74) is 2.41. The minimum absolute atomic E-state index is 0.137. The van der Waals surface area contributed by atoms with E-state index >= 15 is 0 Å². The van der Waals surface area contributed by atoms with Gasteiger partial charge in [-0.05, 0) is 17.0 Å². The number of nitrogens with zero attached hydrogens (tertiary/aromatic N) is 2. The lowest BCUT2D eigenvalue weighted by Gasteiger charge is -2.19. The molecule has 0 bridgehead atoms. The molecule has 1 saturated heterocycles. The third-order valence-corrected chi connectivity index (χ3v) is 3.67. The third-order valence-electron chi connectivity index (χ3n) is 3.67. The van der Waals surface area contributed by atoms with E-state index in [0.29, 0.717) is 6.54 Å². The van der Waals surface area contributed by atoms with Crippen molar-refractivity contribution in [2.45, 2.75) is 59.7 Å². The van der Waals surface area contributed by atoms with Crippen LogP contribution in [-0.4, -0.2) is 29.1 Å². The molecule has 1 aliphatic heterocycles. The van der Waals surface area contributed by atoms with E-state index in [0.717, 1.165) is 18.8 Å². The molecule has 1 aromatic rings. The first kappa shape index (κ1) is 17.1. The van der Waals surface area contributed by atoms with Crippen molar-refractivity contribution in [3.63, 3.8) is 0 Å². The highest BCUT2D eigenvalue weighted by atomic mass is 19.1. The fourth-order valence-electron chi connectivity index (χ4n) is 2.34.